The molecule has 0 fully saturated rings. The Balaban J connectivity index is 2.23. The van der Waals surface area contributed by atoms with E-state index in [1.165, 1.54) is 5.56 Å². The number of methoxy groups -OCH3 is 1. The van der Waals surface area contributed by atoms with E-state index >= 15 is 0 Å². The van der Waals surface area contributed by atoms with E-state index in [-0.39, 0.29) is 0 Å². The molecule has 2 aromatic rings. The monoisotopic (exact) mass is 231 g/mol. The first-order valence-electron chi connectivity index (χ1n) is 5.66. The van der Waals surface area contributed by atoms with Gasteiger partial charge >= 0.3 is 0 Å². The molecule has 0 saturated heterocycles. The molecule has 1 aromatic heterocycles. The summed E-state index contributed by atoms with van der Waals surface area (Å²) in [5.74, 6) is 0.866. The first kappa shape index (κ1) is 11.7. The fourth-order valence-electron chi connectivity index (χ4n) is 1.77. The third-order valence-electron chi connectivity index (χ3n) is 2.74. The zero-order valence-corrected chi connectivity index (χ0v) is 10.2. The van der Waals surface area contributed by atoms with Crippen LogP contribution in [0.1, 0.15) is 5.56 Å². The van der Waals surface area contributed by atoms with Crippen LogP contribution in [0.15, 0.2) is 30.5 Å². The van der Waals surface area contributed by atoms with E-state index in [0.717, 1.165) is 30.0 Å². The summed E-state index contributed by atoms with van der Waals surface area (Å²) < 4.78 is 5.15. The number of aromatic nitrogens is 2. The Morgan fingerprint density at radius 1 is 1.29 bits per heavy atom. The zero-order chi connectivity index (χ0) is 12.1. The maximum atomic E-state index is 5.15. The highest BCUT2D eigenvalue weighted by molar-refractivity contribution is 5.63. The van der Waals surface area contributed by atoms with Crippen molar-refractivity contribution in [1.82, 2.24) is 15.5 Å². The van der Waals surface area contributed by atoms with Gasteiger partial charge < -0.3 is 10.1 Å². The average molecular weight is 231 g/mol. The van der Waals surface area contributed by atoms with Gasteiger partial charge in [-0.3, -0.25) is 5.10 Å². The fraction of sp³-hybridized carbons (Fsp3) is 0.308. The molecule has 0 radical (unpaired) electrons. The molecule has 17 heavy (non-hydrogen) atoms. The second-order valence-corrected chi connectivity index (χ2v) is 3.85. The molecular weight excluding hydrogens is 214 g/mol. The number of rotatable bonds is 5. The summed E-state index contributed by atoms with van der Waals surface area (Å²) in [7, 11) is 3.62. The van der Waals surface area contributed by atoms with Crippen LogP contribution in [0.3, 0.4) is 0 Å². The Hall–Kier alpha value is -1.81. The lowest BCUT2D eigenvalue weighted by Crippen LogP contribution is -2.10. The molecule has 2 rings (SSSR count). The number of hydrogen-bond acceptors (Lipinski definition) is 3. The third kappa shape index (κ3) is 2.65. The molecule has 1 heterocycles. The van der Waals surface area contributed by atoms with Crippen LogP contribution in [-0.4, -0.2) is 30.9 Å². The van der Waals surface area contributed by atoms with Gasteiger partial charge in [0.1, 0.15) is 5.75 Å². The van der Waals surface area contributed by atoms with Crippen LogP contribution in [0, 0.1) is 0 Å². The smallest absolute Gasteiger partial charge is 0.118 e. The first-order chi connectivity index (χ1) is 8.35. The summed E-state index contributed by atoms with van der Waals surface area (Å²) >= 11 is 0. The zero-order valence-electron chi connectivity index (χ0n) is 10.2. The van der Waals surface area contributed by atoms with Crippen molar-refractivity contribution in [3.8, 4) is 17.0 Å². The highest BCUT2D eigenvalue weighted by Crippen LogP contribution is 2.23. The second kappa shape index (κ2) is 5.50. The summed E-state index contributed by atoms with van der Waals surface area (Å²) in [5.41, 5.74) is 3.45. The molecule has 0 spiro atoms. The van der Waals surface area contributed by atoms with Crippen LogP contribution >= 0.6 is 0 Å². The van der Waals surface area contributed by atoms with Gasteiger partial charge in [0.15, 0.2) is 0 Å². The summed E-state index contributed by atoms with van der Waals surface area (Å²) in [6, 6.07) is 7.99. The van der Waals surface area contributed by atoms with Gasteiger partial charge in [-0.2, -0.15) is 5.10 Å². The average Bonchev–Trinajstić information content (AvgIpc) is 2.84. The Bertz CT molecular complexity index is 462. The van der Waals surface area contributed by atoms with E-state index in [1.807, 2.05) is 37.5 Å². The van der Waals surface area contributed by atoms with Gasteiger partial charge in [0, 0.05) is 5.56 Å². The van der Waals surface area contributed by atoms with Crippen LogP contribution in [0.25, 0.3) is 11.3 Å². The largest absolute Gasteiger partial charge is 0.497 e. The fourth-order valence-corrected chi connectivity index (χ4v) is 1.77. The molecule has 1 aromatic carbocycles. The minimum absolute atomic E-state index is 0.866. The highest BCUT2D eigenvalue weighted by atomic mass is 16.5. The molecule has 2 N–H and O–H groups in total. The van der Waals surface area contributed by atoms with E-state index in [1.54, 1.807) is 7.11 Å². The van der Waals surface area contributed by atoms with Crippen LogP contribution in [0.4, 0.5) is 0 Å². The number of benzene rings is 1. The Morgan fingerprint density at radius 2 is 2.06 bits per heavy atom. The first-order valence-corrected chi connectivity index (χ1v) is 5.66. The molecule has 0 aliphatic heterocycles. The minimum Gasteiger partial charge on any atom is -0.497 e. The van der Waals surface area contributed by atoms with Crippen molar-refractivity contribution in [2.45, 2.75) is 6.42 Å². The molecular formula is C13H17N3O. The van der Waals surface area contributed by atoms with Crippen molar-refractivity contribution < 1.29 is 4.74 Å². The lowest BCUT2D eigenvalue weighted by atomic mass is 10.1. The SMILES string of the molecule is CNCCc1cn[nH]c1-c1ccc(OC)cc1. The van der Waals surface area contributed by atoms with Crippen LogP contribution < -0.4 is 10.1 Å². The molecule has 0 aliphatic rings. The molecule has 0 bridgehead atoms. The van der Waals surface area contributed by atoms with E-state index in [9.17, 15) is 0 Å². The predicted octanol–water partition coefficient (Wildman–Crippen LogP) is 1.85. The minimum atomic E-state index is 0.866. The molecule has 4 nitrogen and oxygen atoms in total. The number of likely N-dealkylation sites (N-methyl/N-ethyl adjacent to an activating group) is 1. The number of nitrogens with zero attached hydrogens (tertiary/aromatic N) is 1. The quantitative estimate of drug-likeness (QED) is 0.825. The van der Waals surface area contributed by atoms with Crippen LogP contribution in [0.5, 0.6) is 5.75 Å². The molecule has 0 atom stereocenters. The van der Waals surface area contributed by atoms with Crippen molar-refractivity contribution in [3.63, 3.8) is 0 Å². The molecule has 0 saturated carbocycles. The van der Waals surface area contributed by atoms with Gasteiger partial charge in [-0.15, -0.1) is 0 Å². The number of aromatic amines is 1. The molecule has 0 unspecified atom stereocenters. The molecule has 0 aliphatic carbocycles. The Labute approximate surface area is 101 Å². The number of ether oxygens (including phenoxy) is 1. The number of hydrogen-bond donors (Lipinski definition) is 2. The maximum Gasteiger partial charge on any atom is 0.118 e. The predicted molar refractivity (Wildman–Crippen MR) is 68.2 cm³/mol. The third-order valence-corrected chi connectivity index (χ3v) is 2.74. The van der Waals surface area contributed by atoms with Gasteiger partial charge in [0.05, 0.1) is 19.0 Å². The standard InChI is InChI=1S/C13H17N3O/c1-14-8-7-11-9-15-16-13(11)10-3-5-12(17-2)6-4-10/h3-6,9,14H,7-8H2,1-2H3,(H,15,16). The molecule has 0 amide bonds. The molecule has 4 heteroatoms. The van der Waals surface area contributed by atoms with E-state index in [4.69, 9.17) is 4.74 Å². The topological polar surface area (TPSA) is 49.9 Å². The summed E-state index contributed by atoms with van der Waals surface area (Å²) in [6.45, 7) is 0.947. The highest BCUT2D eigenvalue weighted by Gasteiger charge is 2.07. The second-order valence-electron chi connectivity index (χ2n) is 3.85. The van der Waals surface area contributed by atoms with Crippen molar-refractivity contribution in [3.05, 3.63) is 36.0 Å². The van der Waals surface area contributed by atoms with Crippen LogP contribution in [-0.2, 0) is 6.42 Å². The Kier molecular flexibility index (Phi) is 3.77. The van der Waals surface area contributed by atoms with E-state index in [0.29, 0.717) is 0 Å². The lowest BCUT2D eigenvalue weighted by molar-refractivity contribution is 0.415. The summed E-state index contributed by atoms with van der Waals surface area (Å²) in [5, 5.41) is 10.3. The van der Waals surface area contributed by atoms with Gasteiger partial charge in [0.2, 0.25) is 0 Å². The Morgan fingerprint density at radius 3 is 2.71 bits per heavy atom. The van der Waals surface area contributed by atoms with Crippen LogP contribution in [0.2, 0.25) is 0 Å². The van der Waals surface area contributed by atoms with Gasteiger partial charge in [-0.05, 0) is 49.8 Å². The van der Waals surface area contributed by atoms with E-state index < -0.39 is 0 Å². The van der Waals surface area contributed by atoms with Crippen molar-refractivity contribution in [1.29, 1.82) is 0 Å². The summed E-state index contributed by atoms with van der Waals surface area (Å²) in [4.78, 5) is 0. The lowest BCUT2D eigenvalue weighted by Gasteiger charge is -2.04. The van der Waals surface area contributed by atoms with Crippen molar-refractivity contribution in [2.75, 3.05) is 20.7 Å². The van der Waals surface area contributed by atoms with E-state index in [2.05, 4.69) is 15.5 Å². The number of H-pyrrole nitrogens is 1. The van der Waals surface area contributed by atoms with Gasteiger partial charge in [-0.25, -0.2) is 0 Å². The maximum absolute atomic E-state index is 5.15. The van der Waals surface area contributed by atoms with Crippen molar-refractivity contribution in [2.24, 2.45) is 0 Å². The summed E-state index contributed by atoms with van der Waals surface area (Å²) in [6.07, 6.45) is 2.85. The normalized spacial score (nSPS) is 10.5. The van der Waals surface area contributed by atoms with Gasteiger partial charge in [0.25, 0.3) is 0 Å². The van der Waals surface area contributed by atoms with Crippen molar-refractivity contribution >= 4 is 0 Å². The number of nitrogens with one attached hydrogen (secondary N) is 2. The molecule has 90 valence electrons. The van der Waals surface area contributed by atoms with Gasteiger partial charge in [-0.1, -0.05) is 0 Å².